The summed E-state index contributed by atoms with van der Waals surface area (Å²) < 4.78 is 6.47. The minimum atomic E-state index is 0.421. The van der Waals surface area contributed by atoms with Gasteiger partial charge in [0.2, 0.25) is 0 Å². The molecule has 3 heterocycles. The maximum atomic E-state index is 6.47. The summed E-state index contributed by atoms with van der Waals surface area (Å²) in [5.74, 6) is 0.606. The van der Waals surface area contributed by atoms with Gasteiger partial charge >= 0.3 is 0 Å². The highest BCUT2D eigenvalue weighted by atomic mass is 16.5. The fourth-order valence-corrected chi connectivity index (χ4v) is 4.37. The highest BCUT2D eigenvalue weighted by Crippen LogP contribution is 2.23. The average Bonchev–Trinajstić information content (AvgIpc) is 2.72. The van der Waals surface area contributed by atoms with Gasteiger partial charge in [0.15, 0.2) is 0 Å². The first kappa shape index (κ1) is 19.4. The van der Waals surface area contributed by atoms with E-state index in [1.165, 1.54) is 11.1 Å². The van der Waals surface area contributed by atoms with Gasteiger partial charge in [0.05, 0.1) is 12.2 Å². The van der Waals surface area contributed by atoms with E-state index in [1.807, 2.05) is 6.07 Å². The Bertz CT molecular complexity index is 722. The van der Waals surface area contributed by atoms with E-state index in [1.54, 1.807) is 6.20 Å². The summed E-state index contributed by atoms with van der Waals surface area (Å²) >= 11 is 0. The lowest BCUT2D eigenvalue weighted by molar-refractivity contribution is -0.0664. The van der Waals surface area contributed by atoms with E-state index in [0.717, 1.165) is 65.0 Å². The molecule has 5 nitrogen and oxygen atoms in total. The molecule has 2 N–H and O–H groups in total. The van der Waals surface area contributed by atoms with E-state index in [2.05, 4.69) is 51.2 Å². The Morgan fingerprint density at radius 2 is 1.39 bits per heavy atom. The van der Waals surface area contributed by atoms with Crippen LogP contribution in [0.1, 0.15) is 36.8 Å². The third kappa shape index (κ3) is 5.53. The van der Waals surface area contributed by atoms with Crippen molar-refractivity contribution in [3.63, 3.8) is 0 Å². The van der Waals surface area contributed by atoms with Crippen molar-refractivity contribution in [2.75, 3.05) is 31.9 Å². The third-order valence-electron chi connectivity index (χ3n) is 5.95. The molecule has 2 aromatic rings. The lowest BCUT2D eigenvalue weighted by Gasteiger charge is -2.37. The van der Waals surface area contributed by atoms with E-state index in [4.69, 9.17) is 10.5 Å². The summed E-state index contributed by atoms with van der Waals surface area (Å²) in [7, 11) is 0. The molecule has 1 aromatic carbocycles. The van der Waals surface area contributed by atoms with Crippen LogP contribution in [0.4, 0.5) is 5.82 Å². The zero-order chi connectivity index (χ0) is 19.2. The van der Waals surface area contributed by atoms with Gasteiger partial charge < -0.3 is 10.5 Å². The fraction of sp³-hybridized carbons (Fsp3) is 0.522. The number of nitrogens with zero attached hydrogens (tertiary/aromatic N) is 3. The highest BCUT2D eigenvalue weighted by Gasteiger charge is 2.26. The molecule has 0 saturated carbocycles. The molecule has 0 radical (unpaired) electrons. The second-order valence-corrected chi connectivity index (χ2v) is 8.16. The SMILES string of the molecule is Nc1cc(CN2CCC(OC3CCN(Cc4ccccc4)CC3)CC2)ccn1. The quantitative estimate of drug-likeness (QED) is 0.833. The molecule has 0 amide bonds. The standard InChI is InChI=1S/C23H32N4O/c24-23-16-20(6-11-25-23)18-27-14-9-22(10-15-27)28-21-7-12-26(13-8-21)17-19-4-2-1-3-5-19/h1-6,11,16,21-22H,7-10,12-15,17-18H2,(H2,24,25). The van der Waals surface area contributed by atoms with Crippen molar-refractivity contribution in [2.45, 2.75) is 51.0 Å². The van der Waals surface area contributed by atoms with Gasteiger partial charge in [-0.3, -0.25) is 9.80 Å². The number of benzene rings is 1. The lowest BCUT2D eigenvalue weighted by Crippen LogP contribution is -2.41. The second kappa shape index (κ2) is 9.50. The Kier molecular flexibility index (Phi) is 6.57. The number of ether oxygens (including phenoxy) is 1. The number of piperidine rings is 2. The molecule has 5 heteroatoms. The van der Waals surface area contributed by atoms with Crippen LogP contribution >= 0.6 is 0 Å². The van der Waals surface area contributed by atoms with Gasteiger partial charge in [-0.05, 0) is 48.9 Å². The molecule has 0 spiro atoms. The predicted molar refractivity (Wildman–Crippen MR) is 113 cm³/mol. The number of anilines is 1. The smallest absolute Gasteiger partial charge is 0.123 e. The number of nitrogen functional groups attached to an aromatic ring is 1. The number of hydrogen-bond donors (Lipinski definition) is 1. The van der Waals surface area contributed by atoms with E-state index < -0.39 is 0 Å². The zero-order valence-corrected chi connectivity index (χ0v) is 16.7. The minimum absolute atomic E-state index is 0.421. The molecule has 0 aliphatic carbocycles. The number of aromatic nitrogens is 1. The number of pyridine rings is 1. The van der Waals surface area contributed by atoms with Crippen molar-refractivity contribution in [3.8, 4) is 0 Å². The average molecular weight is 381 g/mol. The van der Waals surface area contributed by atoms with Gasteiger partial charge in [0, 0.05) is 45.5 Å². The molecule has 0 bridgehead atoms. The Hall–Kier alpha value is -1.95. The molecule has 150 valence electrons. The Morgan fingerprint density at radius 1 is 0.821 bits per heavy atom. The van der Waals surface area contributed by atoms with Crippen LogP contribution in [0, 0.1) is 0 Å². The van der Waals surface area contributed by atoms with Crippen molar-refractivity contribution in [1.82, 2.24) is 14.8 Å². The monoisotopic (exact) mass is 380 g/mol. The van der Waals surface area contributed by atoms with Crippen LogP contribution in [-0.2, 0) is 17.8 Å². The van der Waals surface area contributed by atoms with Crippen molar-refractivity contribution in [2.24, 2.45) is 0 Å². The van der Waals surface area contributed by atoms with Crippen LogP contribution in [0.2, 0.25) is 0 Å². The molecule has 2 aliphatic heterocycles. The summed E-state index contributed by atoms with van der Waals surface area (Å²) in [4.78, 5) is 9.13. The van der Waals surface area contributed by atoms with Crippen LogP contribution in [0.5, 0.6) is 0 Å². The first-order chi connectivity index (χ1) is 13.7. The van der Waals surface area contributed by atoms with Gasteiger partial charge in [-0.1, -0.05) is 30.3 Å². The van der Waals surface area contributed by atoms with E-state index in [-0.39, 0.29) is 0 Å². The molecular weight excluding hydrogens is 348 g/mol. The number of nitrogens with two attached hydrogens (primary N) is 1. The molecule has 2 saturated heterocycles. The molecule has 0 atom stereocenters. The van der Waals surface area contributed by atoms with Crippen molar-refractivity contribution in [1.29, 1.82) is 0 Å². The van der Waals surface area contributed by atoms with Gasteiger partial charge in [0.25, 0.3) is 0 Å². The number of likely N-dealkylation sites (tertiary alicyclic amines) is 2. The Morgan fingerprint density at radius 3 is 1.96 bits per heavy atom. The van der Waals surface area contributed by atoms with Gasteiger partial charge in [-0.15, -0.1) is 0 Å². The Labute approximate surface area is 168 Å². The summed E-state index contributed by atoms with van der Waals surface area (Å²) in [6, 6.07) is 14.8. The number of hydrogen-bond acceptors (Lipinski definition) is 5. The minimum Gasteiger partial charge on any atom is -0.384 e. The molecule has 2 fully saturated rings. The maximum Gasteiger partial charge on any atom is 0.123 e. The molecule has 28 heavy (non-hydrogen) atoms. The zero-order valence-electron chi connectivity index (χ0n) is 16.7. The van der Waals surface area contributed by atoms with Crippen molar-refractivity contribution < 1.29 is 4.74 Å². The van der Waals surface area contributed by atoms with Crippen LogP contribution in [0.25, 0.3) is 0 Å². The van der Waals surface area contributed by atoms with Gasteiger partial charge in [0.1, 0.15) is 5.82 Å². The molecule has 1 aromatic heterocycles. The fourth-order valence-electron chi connectivity index (χ4n) is 4.37. The van der Waals surface area contributed by atoms with Crippen LogP contribution in [-0.4, -0.2) is 53.2 Å². The van der Waals surface area contributed by atoms with Gasteiger partial charge in [-0.2, -0.15) is 0 Å². The van der Waals surface area contributed by atoms with Crippen molar-refractivity contribution >= 4 is 5.82 Å². The molecular formula is C23H32N4O. The van der Waals surface area contributed by atoms with Crippen molar-refractivity contribution in [3.05, 3.63) is 59.8 Å². The summed E-state index contributed by atoms with van der Waals surface area (Å²) in [5.41, 5.74) is 8.45. The summed E-state index contributed by atoms with van der Waals surface area (Å²) in [6.07, 6.45) is 7.22. The first-order valence-corrected chi connectivity index (χ1v) is 10.6. The third-order valence-corrected chi connectivity index (χ3v) is 5.95. The van der Waals surface area contributed by atoms with Crippen LogP contribution < -0.4 is 5.73 Å². The highest BCUT2D eigenvalue weighted by molar-refractivity contribution is 5.31. The number of rotatable bonds is 6. The van der Waals surface area contributed by atoms with Crippen LogP contribution in [0.15, 0.2) is 48.7 Å². The van der Waals surface area contributed by atoms with E-state index in [9.17, 15) is 0 Å². The molecule has 4 rings (SSSR count). The topological polar surface area (TPSA) is 54.6 Å². The summed E-state index contributed by atoms with van der Waals surface area (Å²) in [6.45, 7) is 6.49. The normalized spacial score (nSPS) is 20.4. The lowest BCUT2D eigenvalue weighted by atomic mass is 10.0. The first-order valence-electron chi connectivity index (χ1n) is 10.6. The predicted octanol–water partition coefficient (Wildman–Crippen LogP) is 3.31. The second-order valence-electron chi connectivity index (χ2n) is 8.16. The molecule has 0 unspecified atom stereocenters. The van der Waals surface area contributed by atoms with E-state index >= 15 is 0 Å². The maximum absolute atomic E-state index is 6.47. The Balaban J connectivity index is 1.16. The largest absolute Gasteiger partial charge is 0.384 e. The summed E-state index contributed by atoms with van der Waals surface area (Å²) in [5, 5.41) is 0. The van der Waals surface area contributed by atoms with E-state index in [0.29, 0.717) is 18.0 Å². The molecule has 2 aliphatic rings. The van der Waals surface area contributed by atoms with Crippen LogP contribution in [0.3, 0.4) is 0 Å². The van der Waals surface area contributed by atoms with Gasteiger partial charge in [-0.25, -0.2) is 4.98 Å².